The number of carbonyl (C=O) groups is 2. The first-order chi connectivity index (χ1) is 14.7. The summed E-state index contributed by atoms with van der Waals surface area (Å²) in [5.41, 5.74) is 3.55. The molecule has 152 valence electrons. The Morgan fingerprint density at radius 1 is 0.967 bits per heavy atom. The average molecular weight is 400 g/mol. The molecule has 0 aromatic heterocycles. The molecule has 1 N–H and O–H groups in total. The molecule has 3 aromatic rings. The molecule has 5 heteroatoms. The van der Waals surface area contributed by atoms with Gasteiger partial charge in [0.1, 0.15) is 11.8 Å². The quantitative estimate of drug-likeness (QED) is 0.710. The normalized spacial score (nSPS) is 15.2. The Kier molecular flexibility index (Phi) is 5.80. The van der Waals surface area contributed by atoms with Gasteiger partial charge in [0.2, 0.25) is 5.91 Å². The van der Waals surface area contributed by atoms with Gasteiger partial charge >= 0.3 is 0 Å². The van der Waals surface area contributed by atoms with E-state index in [9.17, 15) is 9.59 Å². The predicted octanol–water partition coefficient (Wildman–Crippen LogP) is 3.75. The zero-order chi connectivity index (χ0) is 20.9. The van der Waals surface area contributed by atoms with Crippen molar-refractivity contribution in [3.05, 3.63) is 101 Å². The SMILES string of the molecule is COc1ccc(CNC(=O)[C@H]2c3ccccc3CCN2C(=O)c2ccccc2)cc1. The van der Waals surface area contributed by atoms with Gasteiger partial charge in [-0.05, 0) is 47.4 Å². The summed E-state index contributed by atoms with van der Waals surface area (Å²) in [5, 5.41) is 3.01. The van der Waals surface area contributed by atoms with Crippen LogP contribution in [0.2, 0.25) is 0 Å². The van der Waals surface area contributed by atoms with Crippen molar-refractivity contribution in [3.63, 3.8) is 0 Å². The summed E-state index contributed by atoms with van der Waals surface area (Å²) < 4.78 is 5.18. The molecule has 30 heavy (non-hydrogen) atoms. The maximum Gasteiger partial charge on any atom is 0.254 e. The van der Waals surface area contributed by atoms with Crippen molar-refractivity contribution in [2.45, 2.75) is 19.0 Å². The molecule has 1 heterocycles. The first-order valence-corrected chi connectivity index (χ1v) is 10.0. The van der Waals surface area contributed by atoms with E-state index >= 15 is 0 Å². The minimum absolute atomic E-state index is 0.130. The Balaban J connectivity index is 1.58. The number of hydrogen-bond donors (Lipinski definition) is 1. The fraction of sp³-hybridized carbons (Fsp3) is 0.200. The minimum atomic E-state index is -0.652. The van der Waals surface area contributed by atoms with Crippen LogP contribution in [0.5, 0.6) is 5.75 Å². The lowest BCUT2D eigenvalue weighted by Gasteiger charge is -2.36. The monoisotopic (exact) mass is 400 g/mol. The molecule has 0 fully saturated rings. The molecule has 1 aliphatic heterocycles. The van der Waals surface area contributed by atoms with Crippen molar-refractivity contribution in [1.82, 2.24) is 10.2 Å². The maximum absolute atomic E-state index is 13.3. The average Bonchev–Trinajstić information content (AvgIpc) is 2.82. The zero-order valence-electron chi connectivity index (χ0n) is 16.9. The molecular weight excluding hydrogens is 376 g/mol. The van der Waals surface area contributed by atoms with Gasteiger partial charge in [-0.2, -0.15) is 0 Å². The number of benzene rings is 3. The van der Waals surface area contributed by atoms with Gasteiger partial charge in [-0.25, -0.2) is 0 Å². The second-order valence-electron chi connectivity index (χ2n) is 7.28. The lowest BCUT2D eigenvalue weighted by atomic mass is 9.91. The van der Waals surface area contributed by atoms with Crippen molar-refractivity contribution in [2.75, 3.05) is 13.7 Å². The molecule has 2 amide bonds. The fourth-order valence-electron chi connectivity index (χ4n) is 3.84. The smallest absolute Gasteiger partial charge is 0.254 e. The molecule has 0 bridgehead atoms. The predicted molar refractivity (Wildman–Crippen MR) is 115 cm³/mol. The van der Waals surface area contributed by atoms with Crippen LogP contribution in [0, 0.1) is 0 Å². The van der Waals surface area contributed by atoms with Crippen LogP contribution in [0.15, 0.2) is 78.9 Å². The van der Waals surface area contributed by atoms with Crippen molar-refractivity contribution in [3.8, 4) is 5.75 Å². The maximum atomic E-state index is 13.3. The second-order valence-corrected chi connectivity index (χ2v) is 7.28. The highest BCUT2D eigenvalue weighted by molar-refractivity contribution is 5.98. The van der Waals surface area contributed by atoms with Crippen LogP contribution in [0.3, 0.4) is 0 Å². The molecule has 1 aliphatic rings. The number of ether oxygens (including phenoxy) is 1. The number of rotatable bonds is 5. The van der Waals surface area contributed by atoms with E-state index in [1.54, 1.807) is 24.1 Å². The number of nitrogens with zero attached hydrogens (tertiary/aromatic N) is 1. The number of carbonyl (C=O) groups excluding carboxylic acids is 2. The number of hydrogen-bond acceptors (Lipinski definition) is 3. The van der Waals surface area contributed by atoms with Crippen LogP contribution in [0.4, 0.5) is 0 Å². The van der Waals surface area contributed by atoms with Gasteiger partial charge in [-0.1, -0.05) is 54.6 Å². The van der Waals surface area contributed by atoms with Crippen LogP contribution in [0.1, 0.15) is 33.1 Å². The van der Waals surface area contributed by atoms with Crippen molar-refractivity contribution >= 4 is 11.8 Å². The first-order valence-electron chi connectivity index (χ1n) is 10.0. The molecule has 3 aromatic carbocycles. The molecule has 4 rings (SSSR count). The molecule has 5 nitrogen and oxygen atoms in total. The minimum Gasteiger partial charge on any atom is -0.497 e. The van der Waals surface area contributed by atoms with E-state index in [-0.39, 0.29) is 11.8 Å². The third-order valence-corrected chi connectivity index (χ3v) is 5.44. The Bertz CT molecular complexity index is 1030. The largest absolute Gasteiger partial charge is 0.497 e. The zero-order valence-corrected chi connectivity index (χ0v) is 16.9. The van der Waals surface area contributed by atoms with Gasteiger partial charge in [0, 0.05) is 18.7 Å². The van der Waals surface area contributed by atoms with Gasteiger partial charge in [0.15, 0.2) is 0 Å². The lowest BCUT2D eigenvalue weighted by Crippen LogP contribution is -2.47. The van der Waals surface area contributed by atoms with Crippen LogP contribution < -0.4 is 10.1 Å². The Morgan fingerprint density at radius 2 is 1.67 bits per heavy atom. The molecule has 0 spiro atoms. The number of fused-ring (bicyclic) bond motifs is 1. The van der Waals surface area contributed by atoms with Gasteiger partial charge in [-0.3, -0.25) is 9.59 Å². The molecule has 0 aliphatic carbocycles. The van der Waals surface area contributed by atoms with E-state index in [1.165, 1.54) is 0 Å². The number of amides is 2. The van der Waals surface area contributed by atoms with Crippen molar-refractivity contribution in [1.29, 1.82) is 0 Å². The summed E-state index contributed by atoms with van der Waals surface area (Å²) in [7, 11) is 1.62. The van der Waals surface area contributed by atoms with Crippen LogP contribution in [-0.2, 0) is 17.8 Å². The molecule has 0 saturated carbocycles. The van der Waals surface area contributed by atoms with Gasteiger partial charge in [0.05, 0.1) is 7.11 Å². The summed E-state index contributed by atoms with van der Waals surface area (Å²) in [6, 6.07) is 23.9. The van der Waals surface area contributed by atoms with Gasteiger partial charge in [0.25, 0.3) is 5.91 Å². The summed E-state index contributed by atoms with van der Waals surface area (Å²) >= 11 is 0. The Morgan fingerprint density at radius 3 is 2.40 bits per heavy atom. The highest BCUT2D eigenvalue weighted by Crippen LogP contribution is 2.31. The fourth-order valence-corrected chi connectivity index (χ4v) is 3.84. The lowest BCUT2D eigenvalue weighted by molar-refractivity contribution is -0.126. The summed E-state index contributed by atoms with van der Waals surface area (Å²) in [6.07, 6.45) is 0.733. The van der Waals surface area contributed by atoms with Crippen LogP contribution in [0.25, 0.3) is 0 Å². The summed E-state index contributed by atoms with van der Waals surface area (Å²) in [6.45, 7) is 0.889. The topological polar surface area (TPSA) is 58.6 Å². The molecular formula is C25H24N2O3. The molecule has 1 atom stereocenters. The highest BCUT2D eigenvalue weighted by Gasteiger charge is 2.36. The Labute approximate surface area is 176 Å². The van der Waals surface area contributed by atoms with Gasteiger partial charge < -0.3 is 15.0 Å². The third kappa shape index (κ3) is 4.06. The standard InChI is InChI=1S/C25H24N2O3/c1-30-21-13-11-18(12-14-21)17-26-24(28)23-22-10-6-5-7-19(22)15-16-27(23)25(29)20-8-3-2-4-9-20/h2-14,23H,15-17H2,1H3,(H,26,28)/t23-/m1/s1. The van der Waals surface area contributed by atoms with Crippen LogP contribution >= 0.6 is 0 Å². The van der Waals surface area contributed by atoms with E-state index in [1.807, 2.05) is 66.7 Å². The van der Waals surface area contributed by atoms with E-state index in [0.29, 0.717) is 18.7 Å². The van der Waals surface area contributed by atoms with E-state index in [0.717, 1.165) is 28.9 Å². The van der Waals surface area contributed by atoms with E-state index in [2.05, 4.69) is 5.32 Å². The highest BCUT2D eigenvalue weighted by atomic mass is 16.5. The van der Waals surface area contributed by atoms with Gasteiger partial charge in [-0.15, -0.1) is 0 Å². The Hall–Kier alpha value is -3.60. The number of methoxy groups -OCH3 is 1. The number of nitrogens with one attached hydrogen (secondary N) is 1. The summed E-state index contributed by atoms with van der Waals surface area (Å²) in [4.78, 5) is 28.2. The van der Waals surface area contributed by atoms with Crippen molar-refractivity contribution in [2.24, 2.45) is 0 Å². The van der Waals surface area contributed by atoms with Crippen molar-refractivity contribution < 1.29 is 14.3 Å². The summed E-state index contributed by atoms with van der Waals surface area (Å²) in [5.74, 6) is 0.461. The molecule has 0 unspecified atom stereocenters. The first kappa shape index (κ1) is 19.7. The third-order valence-electron chi connectivity index (χ3n) is 5.44. The molecule has 0 saturated heterocycles. The van der Waals surface area contributed by atoms with E-state index < -0.39 is 6.04 Å². The molecule has 0 radical (unpaired) electrons. The van der Waals surface area contributed by atoms with E-state index in [4.69, 9.17) is 4.74 Å². The second kappa shape index (κ2) is 8.82. The van der Waals surface area contributed by atoms with Crippen LogP contribution in [-0.4, -0.2) is 30.4 Å².